The molecule has 1 aliphatic carbocycles. The molecule has 3 aromatic rings. The maximum absolute atomic E-state index is 6.21. The summed E-state index contributed by atoms with van der Waals surface area (Å²) < 4.78 is 6.21. The Hall–Kier alpha value is -2.54. The lowest BCUT2D eigenvalue weighted by Gasteiger charge is -2.25. The first-order valence-corrected chi connectivity index (χ1v) is 9.79. The molecule has 0 saturated heterocycles. The molecule has 1 aliphatic heterocycles. The van der Waals surface area contributed by atoms with Crippen LogP contribution in [-0.2, 0) is 0 Å². The normalized spacial score (nSPS) is 17.3. The molecule has 1 heterocycles. The fraction of sp³-hybridized carbons (Fsp3) is 0.280. The lowest BCUT2D eigenvalue weighted by molar-refractivity contribution is 0.361. The largest absolute Gasteiger partial charge is 0.488 e. The number of allylic oxidation sites excluding steroid dienone is 1. The monoisotopic (exact) mass is 340 g/mol. The van der Waals surface area contributed by atoms with Gasteiger partial charge in [-0.2, -0.15) is 0 Å². The maximum Gasteiger partial charge on any atom is 0.135 e. The Morgan fingerprint density at radius 2 is 1.73 bits per heavy atom. The van der Waals surface area contributed by atoms with Crippen LogP contribution in [0.4, 0.5) is 0 Å². The summed E-state index contributed by atoms with van der Waals surface area (Å²) in [4.78, 5) is 0. The van der Waals surface area contributed by atoms with Crippen molar-refractivity contribution in [1.82, 2.24) is 0 Å². The Labute approximate surface area is 155 Å². The van der Waals surface area contributed by atoms with E-state index < -0.39 is 0 Å². The molecule has 0 saturated carbocycles. The molecule has 5 rings (SSSR count). The highest BCUT2D eigenvalue weighted by atomic mass is 16.5. The lowest BCUT2D eigenvalue weighted by atomic mass is 9.83. The average Bonchev–Trinajstić information content (AvgIpc) is 3.01. The second kappa shape index (κ2) is 6.02. The van der Waals surface area contributed by atoms with Crippen molar-refractivity contribution in [3.05, 3.63) is 71.3 Å². The molecule has 130 valence electrons. The van der Waals surface area contributed by atoms with E-state index in [4.69, 9.17) is 4.74 Å². The van der Waals surface area contributed by atoms with Crippen molar-refractivity contribution >= 4 is 16.3 Å². The highest BCUT2D eigenvalue weighted by molar-refractivity contribution is 6.08. The van der Waals surface area contributed by atoms with E-state index in [0.717, 1.165) is 5.75 Å². The number of benzene rings is 3. The number of fused-ring (bicyclic) bond motifs is 8. The van der Waals surface area contributed by atoms with Crippen LogP contribution in [0.5, 0.6) is 5.75 Å². The molecule has 26 heavy (non-hydrogen) atoms. The molecule has 1 heteroatoms. The average molecular weight is 340 g/mol. The van der Waals surface area contributed by atoms with Crippen LogP contribution in [-0.4, -0.2) is 6.61 Å². The van der Waals surface area contributed by atoms with E-state index in [-0.39, 0.29) is 0 Å². The molecule has 1 atom stereocenters. The lowest BCUT2D eigenvalue weighted by Crippen LogP contribution is -2.09. The van der Waals surface area contributed by atoms with Crippen molar-refractivity contribution in [3.63, 3.8) is 0 Å². The van der Waals surface area contributed by atoms with Gasteiger partial charge in [-0.05, 0) is 52.6 Å². The van der Waals surface area contributed by atoms with Crippen molar-refractivity contribution < 1.29 is 4.74 Å². The van der Waals surface area contributed by atoms with Gasteiger partial charge in [-0.1, -0.05) is 68.3 Å². The summed E-state index contributed by atoms with van der Waals surface area (Å²) in [6.07, 6.45) is 5.93. The highest BCUT2D eigenvalue weighted by Gasteiger charge is 2.35. The van der Waals surface area contributed by atoms with Crippen LogP contribution in [0.2, 0.25) is 0 Å². The summed E-state index contributed by atoms with van der Waals surface area (Å²) in [6.45, 7) is 5.20. The van der Waals surface area contributed by atoms with Crippen molar-refractivity contribution in [2.45, 2.75) is 39.0 Å². The summed E-state index contributed by atoms with van der Waals surface area (Å²) in [5, 5.41) is 2.59. The van der Waals surface area contributed by atoms with Gasteiger partial charge in [-0.15, -0.1) is 0 Å². The van der Waals surface area contributed by atoms with Gasteiger partial charge >= 0.3 is 0 Å². The van der Waals surface area contributed by atoms with E-state index in [1.807, 2.05) is 0 Å². The number of rotatable bonds is 3. The first-order chi connectivity index (χ1) is 12.8. The van der Waals surface area contributed by atoms with Crippen molar-refractivity contribution in [2.24, 2.45) is 0 Å². The van der Waals surface area contributed by atoms with E-state index in [0.29, 0.717) is 12.5 Å². The third kappa shape index (κ3) is 2.10. The Morgan fingerprint density at radius 3 is 2.58 bits per heavy atom. The van der Waals surface area contributed by atoms with Crippen LogP contribution >= 0.6 is 0 Å². The second-order valence-corrected chi connectivity index (χ2v) is 7.52. The molecule has 1 unspecified atom stereocenters. The number of ether oxygens (including phenoxy) is 1. The number of unbranched alkanes of at least 4 members (excludes halogenated alkanes) is 1. The summed E-state index contributed by atoms with van der Waals surface area (Å²) in [7, 11) is 0. The van der Waals surface area contributed by atoms with Gasteiger partial charge in [0, 0.05) is 16.9 Å². The van der Waals surface area contributed by atoms with E-state index in [9.17, 15) is 0 Å². The van der Waals surface area contributed by atoms with Gasteiger partial charge < -0.3 is 4.74 Å². The van der Waals surface area contributed by atoms with Crippen molar-refractivity contribution in [3.8, 4) is 16.9 Å². The summed E-state index contributed by atoms with van der Waals surface area (Å²) in [5.74, 6) is 1.57. The van der Waals surface area contributed by atoms with Crippen LogP contribution in [0.25, 0.3) is 27.5 Å². The number of hydrogen-bond donors (Lipinski definition) is 0. The third-order valence-corrected chi connectivity index (χ3v) is 6.02. The van der Waals surface area contributed by atoms with Crippen LogP contribution in [0.1, 0.15) is 55.7 Å². The molecule has 0 fully saturated rings. The molecular formula is C25H24O. The smallest absolute Gasteiger partial charge is 0.135 e. The highest BCUT2D eigenvalue weighted by Crippen LogP contribution is 2.56. The second-order valence-electron chi connectivity index (χ2n) is 7.52. The summed E-state index contributed by atoms with van der Waals surface area (Å²) >= 11 is 0. The molecule has 0 amide bonds. The van der Waals surface area contributed by atoms with Gasteiger partial charge in [0.25, 0.3) is 0 Å². The van der Waals surface area contributed by atoms with Gasteiger partial charge in [-0.3, -0.25) is 0 Å². The molecule has 0 aromatic heterocycles. The molecule has 0 spiro atoms. The van der Waals surface area contributed by atoms with Crippen LogP contribution in [0, 0.1) is 0 Å². The van der Waals surface area contributed by atoms with Gasteiger partial charge in [0.05, 0.1) is 0 Å². The van der Waals surface area contributed by atoms with Crippen molar-refractivity contribution in [2.75, 3.05) is 6.61 Å². The SMILES string of the molecule is CCCCC1c2ccccc2-c2c1c1c(c3ccccc23)OCC=C1C. The number of hydrogen-bond acceptors (Lipinski definition) is 1. The van der Waals surface area contributed by atoms with E-state index in [1.54, 1.807) is 0 Å². The van der Waals surface area contributed by atoms with Crippen LogP contribution < -0.4 is 4.74 Å². The Balaban J connectivity index is 1.92. The standard InChI is InChI=1S/C25H24O/c1-3-4-9-19-17-10-5-6-11-18(17)23-20-12-7-8-13-21(20)25-22(24(19)23)16(2)14-15-26-25/h5-8,10-14,19H,3-4,9,15H2,1-2H3. The fourth-order valence-corrected chi connectivity index (χ4v) is 4.85. The first-order valence-electron chi connectivity index (χ1n) is 9.79. The Bertz CT molecular complexity index is 1040. The van der Waals surface area contributed by atoms with Crippen LogP contribution in [0.3, 0.4) is 0 Å². The minimum atomic E-state index is 0.476. The molecule has 1 nitrogen and oxygen atoms in total. The molecule has 3 aromatic carbocycles. The van der Waals surface area contributed by atoms with Gasteiger partial charge in [0.1, 0.15) is 12.4 Å². The van der Waals surface area contributed by atoms with Crippen LogP contribution in [0.15, 0.2) is 54.6 Å². The topological polar surface area (TPSA) is 9.23 Å². The summed E-state index contributed by atoms with van der Waals surface area (Å²) in [5.41, 5.74) is 8.56. The minimum Gasteiger partial charge on any atom is -0.488 e. The maximum atomic E-state index is 6.21. The Kier molecular flexibility index (Phi) is 3.63. The summed E-state index contributed by atoms with van der Waals surface area (Å²) in [6, 6.07) is 17.8. The fourth-order valence-electron chi connectivity index (χ4n) is 4.85. The predicted molar refractivity (Wildman–Crippen MR) is 110 cm³/mol. The van der Waals surface area contributed by atoms with E-state index in [1.165, 1.54) is 63.4 Å². The first kappa shape index (κ1) is 15.7. The van der Waals surface area contributed by atoms with E-state index >= 15 is 0 Å². The molecular weight excluding hydrogens is 316 g/mol. The molecule has 0 N–H and O–H groups in total. The minimum absolute atomic E-state index is 0.476. The van der Waals surface area contributed by atoms with E-state index in [2.05, 4.69) is 68.5 Å². The molecule has 0 bridgehead atoms. The predicted octanol–water partition coefficient (Wildman–Crippen LogP) is 6.94. The van der Waals surface area contributed by atoms with Gasteiger partial charge in [-0.25, -0.2) is 0 Å². The zero-order chi connectivity index (χ0) is 17.7. The van der Waals surface area contributed by atoms with Gasteiger partial charge in [0.2, 0.25) is 0 Å². The quantitative estimate of drug-likeness (QED) is 0.502. The van der Waals surface area contributed by atoms with Gasteiger partial charge in [0.15, 0.2) is 0 Å². The zero-order valence-electron chi connectivity index (χ0n) is 15.5. The van der Waals surface area contributed by atoms with Crippen molar-refractivity contribution in [1.29, 1.82) is 0 Å². The zero-order valence-corrected chi connectivity index (χ0v) is 15.5. The Morgan fingerprint density at radius 1 is 0.962 bits per heavy atom. The molecule has 0 radical (unpaired) electrons. The molecule has 2 aliphatic rings. The third-order valence-electron chi connectivity index (χ3n) is 6.02.